The largest absolute Gasteiger partial charge is 0.477 e. The molecule has 9 heteroatoms. The number of nitrogens with one attached hydrogen (secondary N) is 3. The van der Waals surface area contributed by atoms with Crippen LogP contribution in [0.1, 0.15) is 87.4 Å². The molecule has 6 fully saturated rings. The molecule has 1 amide bonds. The number of hydrogen-bond donors (Lipinski definition) is 3. The number of piperidine rings is 1. The predicted molar refractivity (Wildman–Crippen MR) is 151 cm³/mol. The number of halogens is 2. The molecule has 1 aromatic rings. The molecule has 37 heavy (non-hydrogen) atoms. The number of nitrogens with zero attached hydrogens (tertiary/aromatic N) is 2. The van der Waals surface area contributed by atoms with E-state index < -0.39 is 0 Å². The average molecular weight is 557 g/mol. The number of carbonyl (C=O) groups is 1. The fourth-order valence-electron chi connectivity index (χ4n) is 8.18. The Labute approximate surface area is 234 Å². The third-order valence-electron chi connectivity index (χ3n) is 9.84. The minimum atomic E-state index is 0. The molecule has 5 aliphatic carbocycles. The molecule has 2 heterocycles. The molecule has 1 saturated heterocycles. The first-order valence-electron chi connectivity index (χ1n) is 14.7. The molecule has 210 valence electrons. The average Bonchev–Trinajstić information content (AvgIpc) is 3.28. The van der Waals surface area contributed by atoms with Gasteiger partial charge >= 0.3 is 0 Å². The van der Waals surface area contributed by atoms with Crippen molar-refractivity contribution in [1.82, 2.24) is 25.7 Å². The third kappa shape index (κ3) is 6.77. The highest BCUT2D eigenvalue weighted by atomic mass is 35.5. The summed E-state index contributed by atoms with van der Waals surface area (Å²) in [5.41, 5.74) is 0.636. The van der Waals surface area contributed by atoms with Crippen LogP contribution in [0.2, 0.25) is 0 Å². The molecule has 0 unspecified atom stereocenters. The van der Waals surface area contributed by atoms with E-state index >= 15 is 0 Å². The van der Waals surface area contributed by atoms with Crippen LogP contribution in [0.25, 0.3) is 0 Å². The van der Waals surface area contributed by atoms with Crippen LogP contribution in [0.15, 0.2) is 6.20 Å². The number of amides is 1. The fraction of sp³-hybridized carbons (Fsp3) is 0.857. The summed E-state index contributed by atoms with van der Waals surface area (Å²) in [4.78, 5) is 13.6. The van der Waals surface area contributed by atoms with Crippen LogP contribution in [0.5, 0.6) is 5.88 Å². The number of ether oxygens (including phenoxy) is 1. The van der Waals surface area contributed by atoms with E-state index in [1.807, 2.05) is 4.68 Å². The highest BCUT2D eigenvalue weighted by Crippen LogP contribution is 2.53. The first-order valence-corrected chi connectivity index (χ1v) is 14.7. The Morgan fingerprint density at radius 1 is 0.973 bits per heavy atom. The maximum Gasteiger partial charge on any atom is 0.258 e. The molecule has 7 nitrogen and oxygen atoms in total. The van der Waals surface area contributed by atoms with E-state index in [2.05, 4.69) is 21.0 Å². The first kappa shape index (κ1) is 29.0. The molecule has 7 rings (SSSR count). The van der Waals surface area contributed by atoms with Crippen LogP contribution < -0.4 is 20.7 Å². The summed E-state index contributed by atoms with van der Waals surface area (Å²) in [6.07, 6.45) is 17.2. The molecule has 1 aromatic heterocycles. The van der Waals surface area contributed by atoms with E-state index in [1.165, 1.54) is 77.0 Å². The Hall–Kier alpha value is -1.02. The number of aromatic nitrogens is 2. The van der Waals surface area contributed by atoms with Gasteiger partial charge < -0.3 is 20.7 Å². The lowest BCUT2D eigenvalue weighted by molar-refractivity contribution is -0.0120. The van der Waals surface area contributed by atoms with Gasteiger partial charge in [-0.2, -0.15) is 5.10 Å². The molecule has 0 aromatic carbocycles. The van der Waals surface area contributed by atoms with Gasteiger partial charge in [-0.25, -0.2) is 4.68 Å². The second-order valence-corrected chi connectivity index (χ2v) is 12.3. The lowest BCUT2D eigenvalue weighted by Crippen LogP contribution is -2.55. The maximum atomic E-state index is 13.6. The van der Waals surface area contributed by atoms with Gasteiger partial charge in [-0.05, 0) is 100 Å². The lowest BCUT2D eigenvalue weighted by Gasteiger charge is -2.54. The van der Waals surface area contributed by atoms with E-state index in [0.29, 0.717) is 47.9 Å². The predicted octanol–water partition coefficient (Wildman–Crippen LogP) is 4.58. The fourth-order valence-corrected chi connectivity index (χ4v) is 8.18. The molecule has 0 spiro atoms. The number of carbonyl (C=O) groups excluding carboxylic acids is 1. The van der Waals surface area contributed by atoms with Gasteiger partial charge in [0.25, 0.3) is 5.91 Å². The summed E-state index contributed by atoms with van der Waals surface area (Å²) in [7, 11) is 0. The Kier molecular flexibility index (Phi) is 10.5. The van der Waals surface area contributed by atoms with Gasteiger partial charge in [0.05, 0.1) is 19.3 Å². The van der Waals surface area contributed by atoms with E-state index in [1.54, 1.807) is 6.20 Å². The van der Waals surface area contributed by atoms with Gasteiger partial charge in [0.2, 0.25) is 5.88 Å². The smallest absolute Gasteiger partial charge is 0.258 e. The van der Waals surface area contributed by atoms with Gasteiger partial charge in [0.15, 0.2) is 0 Å². The first-order chi connectivity index (χ1) is 17.2. The van der Waals surface area contributed by atoms with Gasteiger partial charge in [-0.3, -0.25) is 4.79 Å². The molecule has 3 N–H and O–H groups in total. The lowest BCUT2D eigenvalue weighted by atomic mass is 9.54. The van der Waals surface area contributed by atoms with E-state index in [0.717, 1.165) is 38.0 Å². The molecule has 0 radical (unpaired) electrons. The quantitative estimate of drug-likeness (QED) is 0.415. The monoisotopic (exact) mass is 555 g/mol. The Morgan fingerprint density at radius 2 is 1.65 bits per heavy atom. The van der Waals surface area contributed by atoms with Gasteiger partial charge in [0.1, 0.15) is 5.56 Å². The molecule has 4 bridgehead atoms. The maximum absolute atomic E-state index is 13.6. The van der Waals surface area contributed by atoms with Crippen LogP contribution in [0.4, 0.5) is 0 Å². The van der Waals surface area contributed by atoms with Crippen molar-refractivity contribution in [2.75, 3.05) is 26.2 Å². The van der Waals surface area contributed by atoms with Crippen LogP contribution in [0, 0.1) is 29.6 Å². The Morgan fingerprint density at radius 3 is 2.32 bits per heavy atom. The van der Waals surface area contributed by atoms with Gasteiger partial charge in [-0.15, -0.1) is 24.8 Å². The van der Waals surface area contributed by atoms with E-state index in [4.69, 9.17) is 4.74 Å². The third-order valence-corrected chi connectivity index (χ3v) is 9.84. The molecular formula is C28H47Cl2N5O2. The zero-order chi connectivity index (χ0) is 23.6. The van der Waals surface area contributed by atoms with E-state index in [9.17, 15) is 4.79 Å². The minimum absolute atomic E-state index is 0. The van der Waals surface area contributed by atoms with Crippen molar-refractivity contribution in [2.45, 2.75) is 95.7 Å². The second-order valence-electron chi connectivity index (χ2n) is 12.3. The standard InChI is InChI=1S/C28H45N5O2.2ClH/c34-27(32-26-22-13-20-12-21(15-22)16-23(26)14-20)25-17-31-33(11-10-30-24-6-8-29-9-7-24)28(25)35-18-19-4-2-1-3-5-19;;/h17,19-24,26,29-30H,1-16,18H2,(H,32,34);2*1H. The number of hydrogen-bond acceptors (Lipinski definition) is 5. The van der Waals surface area contributed by atoms with Crippen molar-refractivity contribution in [3.05, 3.63) is 11.8 Å². The summed E-state index contributed by atoms with van der Waals surface area (Å²) in [6, 6.07) is 0.907. The normalized spacial score (nSPS) is 31.4. The number of rotatable bonds is 9. The summed E-state index contributed by atoms with van der Waals surface area (Å²) < 4.78 is 8.35. The van der Waals surface area contributed by atoms with Crippen molar-refractivity contribution < 1.29 is 9.53 Å². The van der Waals surface area contributed by atoms with Crippen molar-refractivity contribution in [2.24, 2.45) is 29.6 Å². The van der Waals surface area contributed by atoms with Crippen LogP contribution in [0.3, 0.4) is 0 Å². The van der Waals surface area contributed by atoms with Crippen molar-refractivity contribution >= 4 is 30.7 Å². The minimum Gasteiger partial charge on any atom is -0.477 e. The summed E-state index contributed by atoms with van der Waals surface area (Å²) >= 11 is 0. The highest BCUT2D eigenvalue weighted by Gasteiger charge is 2.48. The topological polar surface area (TPSA) is 80.2 Å². The summed E-state index contributed by atoms with van der Waals surface area (Å²) in [5, 5.41) is 15.2. The Bertz CT molecular complexity index is 841. The second kappa shape index (κ2) is 13.4. The van der Waals surface area contributed by atoms with Crippen LogP contribution in [-0.2, 0) is 6.54 Å². The van der Waals surface area contributed by atoms with Crippen molar-refractivity contribution in [1.29, 1.82) is 0 Å². The zero-order valence-electron chi connectivity index (χ0n) is 22.2. The summed E-state index contributed by atoms with van der Waals surface area (Å²) in [6.45, 7) is 4.46. The Balaban J connectivity index is 0.00000160. The molecule has 1 aliphatic heterocycles. The highest BCUT2D eigenvalue weighted by molar-refractivity contribution is 5.96. The molecule has 0 atom stereocenters. The van der Waals surface area contributed by atoms with Gasteiger partial charge in [-0.1, -0.05) is 19.3 Å². The molecule has 6 aliphatic rings. The van der Waals surface area contributed by atoms with Crippen LogP contribution in [-0.4, -0.2) is 54.0 Å². The zero-order valence-corrected chi connectivity index (χ0v) is 23.8. The van der Waals surface area contributed by atoms with Crippen molar-refractivity contribution in [3.63, 3.8) is 0 Å². The molecular weight excluding hydrogens is 509 g/mol. The van der Waals surface area contributed by atoms with Gasteiger partial charge in [0, 0.05) is 18.6 Å². The van der Waals surface area contributed by atoms with Crippen LogP contribution >= 0.6 is 24.8 Å². The SMILES string of the molecule is Cl.Cl.O=C(NC1C2CC3CC(C2)CC1C3)c1cnn(CCNC2CCNCC2)c1OCC1CCCCC1. The van der Waals surface area contributed by atoms with Crippen molar-refractivity contribution in [3.8, 4) is 5.88 Å². The summed E-state index contributed by atoms with van der Waals surface area (Å²) in [5.74, 6) is 4.48. The molecule has 5 saturated carbocycles. The van der Waals surface area contributed by atoms with E-state index in [-0.39, 0.29) is 30.7 Å².